The molecular weight excluding hydrogens is 394 g/mol. The van der Waals surface area contributed by atoms with Gasteiger partial charge in [0, 0.05) is 43.9 Å². The lowest BCUT2D eigenvalue weighted by molar-refractivity contribution is 0.208. The number of urea groups is 1. The summed E-state index contributed by atoms with van der Waals surface area (Å²) >= 11 is 0. The van der Waals surface area contributed by atoms with Crippen LogP contribution < -0.4 is 10.2 Å². The van der Waals surface area contributed by atoms with Crippen molar-refractivity contribution in [2.45, 2.75) is 19.8 Å². The highest BCUT2D eigenvalue weighted by Gasteiger charge is 2.22. The molecule has 0 saturated carbocycles. The average molecular weight is 417 g/mol. The summed E-state index contributed by atoms with van der Waals surface area (Å²) in [7, 11) is 0. The molecule has 0 unspecified atom stereocenters. The Labute approximate surface area is 180 Å². The number of benzene rings is 1. The Balaban J connectivity index is 1.35. The number of nitrogens with zero attached hydrogens (tertiary/aromatic N) is 6. The number of hydrogen-bond donors (Lipinski definition) is 1. The van der Waals surface area contributed by atoms with E-state index in [4.69, 9.17) is 4.52 Å². The normalized spacial score (nSPS) is 13.9. The van der Waals surface area contributed by atoms with E-state index in [1.165, 1.54) is 0 Å². The number of anilines is 2. The molecule has 0 radical (unpaired) electrons. The number of aromatic nitrogens is 3. The van der Waals surface area contributed by atoms with Crippen molar-refractivity contribution in [1.29, 1.82) is 5.26 Å². The smallest absolute Gasteiger partial charge is 0.322 e. The molecule has 1 N–H and O–H groups in total. The number of piperazine rings is 1. The summed E-state index contributed by atoms with van der Waals surface area (Å²) < 4.78 is 5.26. The van der Waals surface area contributed by atoms with Crippen molar-refractivity contribution in [3.8, 4) is 17.5 Å². The molecule has 1 aliphatic heterocycles. The van der Waals surface area contributed by atoms with Gasteiger partial charge in [-0.2, -0.15) is 10.2 Å². The van der Waals surface area contributed by atoms with Gasteiger partial charge in [-0.1, -0.05) is 31.1 Å². The van der Waals surface area contributed by atoms with E-state index in [1.807, 2.05) is 26.0 Å². The second-order valence-electron chi connectivity index (χ2n) is 7.58. The summed E-state index contributed by atoms with van der Waals surface area (Å²) in [5, 5.41) is 16.0. The van der Waals surface area contributed by atoms with Crippen molar-refractivity contribution < 1.29 is 9.32 Å². The lowest BCUT2D eigenvalue weighted by Gasteiger charge is -2.35. The van der Waals surface area contributed by atoms with Crippen molar-refractivity contribution in [2.75, 3.05) is 36.4 Å². The molecule has 0 spiro atoms. The van der Waals surface area contributed by atoms with Crippen LogP contribution in [0.5, 0.6) is 0 Å². The monoisotopic (exact) mass is 417 g/mol. The van der Waals surface area contributed by atoms with Crippen LogP contribution in [0.4, 0.5) is 16.3 Å². The number of nitrogens with one attached hydrogen (secondary N) is 1. The maximum Gasteiger partial charge on any atom is 0.322 e. The summed E-state index contributed by atoms with van der Waals surface area (Å²) in [6, 6.07) is 12.7. The lowest BCUT2D eigenvalue weighted by atomic mass is 10.2. The molecule has 1 aromatic carbocycles. The van der Waals surface area contributed by atoms with Gasteiger partial charge in [0.1, 0.15) is 11.9 Å². The predicted octanol–water partition coefficient (Wildman–Crippen LogP) is 3.48. The predicted molar refractivity (Wildman–Crippen MR) is 116 cm³/mol. The lowest BCUT2D eigenvalue weighted by Crippen LogP contribution is -2.50. The molecule has 158 valence electrons. The van der Waals surface area contributed by atoms with E-state index in [9.17, 15) is 10.1 Å². The molecule has 2 amide bonds. The highest BCUT2D eigenvalue weighted by atomic mass is 16.5. The maximum atomic E-state index is 12.6. The van der Waals surface area contributed by atoms with Crippen LogP contribution in [-0.4, -0.2) is 52.2 Å². The fourth-order valence-electron chi connectivity index (χ4n) is 3.31. The zero-order valence-electron chi connectivity index (χ0n) is 17.4. The van der Waals surface area contributed by atoms with Crippen LogP contribution in [-0.2, 0) is 0 Å². The largest absolute Gasteiger partial charge is 0.353 e. The van der Waals surface area contributed by atoms with Gasteiger partial charge in [-0.15, -0.1) is 0 Å². The highest BCUT2D eigenvalue weighted by molar-refractivity contribution is 5.91. The summed E-state index contributed by atoms with van der Waals surface area (Å²) in [5.41, 5.74) is 1.77. The molecule has 3 aromatic rings. The van der Waals surface area contributed by atoms with E-state index in [2.05, 4.69) is 31.4 Å². The van der Waals surface area contributed by atoms with E-state index in [0.717, 1.165) is 11.4 Å². The molecule has 0 atom stereocenters. The van der Waals surface area contributed by atoms with E-state index in [-0.39, 0.29) is 11.9 Å². The molecule has 1 aliphatic rings. The molecule has 1 fully saturated rings. The molecule has 9 heteroatoms. The first-order valence-electron chi connectivity index (χ1n) is 10.1. The van der Waals surface area contributed by atoms with Gasteiger partial charge < -0.3 is 19.6 Å². The van der Waals surface area contributed by atoms with Gasteiger partial charge >= 0.3 is 6.03 Å². The Morgan fingerprint density at radius 3 is 2.58 bits per heavy atom. The van der Waals surface area contributed by atoms with Crippen molar-refractivity contribution in [3.05, 3.63) is 54.0 Å². The summed E-state index contributed by atoms with van der Waals surface area (Å²) in [6.45, 7) is 6.46. The van der Waals surface area contributed by atoms with Crippen LogP contribution in [0.2, 0.25) is 0 Å². The molecule has 9 nitrogen and oxygen atoms in total. The fourth-order valence-corrected chi connectivity index (χ4v) is 3.31. The number of carbonyl (C=O) groups excluding carboxylic acids is 1. The first-order valence-corrected chi connectivity index (χ1v) is 10.1. The average Bonchev–Trinajstić information content (AvgIpc) is 3.30. The highest BCUT2D eigenvalue weighted by Crippen LogP contribution is 2.22. The minimum Gasteiger partial charge on any atom is -0.353 e. The van der Waals surface area contributed by atoms with Gasteiger partial charge in [-0.05, 0) is 24.3 Å². The third kappa shape index (κ3) is 4.48. The van der Waals surface area contributed by atoms with Crippen LogP contribution in [0.25, 0.3) is 11.4 Å². The summed E-state index contributed by atoms with van der Waals surface area (Å²) in [6.07, 6.45) is 1.74. The third-order valence-electron chi connectivity index (χ3n) is 5.12. The van der Waals surface area contributed by atoms with Crippen LogP contribution in [0.3, 0.4) is 0 Å². The minimum absolute atomic E-state index is 0.176. The number of rotatable bonds is 4. The van der Waals surface area contributed by atoms with Crippen LogP contribution in [0, 0.1) is 11.3 Å². The van der Waals surface area contributed by atoms with Crippen molar-refractivity contribution >= 4 is 17.5 Å². The van der Waals surface area contributed by atoms with Gasteiger partial charge in [0.2, 0.25) is 11.7 Å². The second-order valence-corrected chi connectivity index (χ2v) is 7.58. The first kappa shape index (κ1) is 20.3. The molecule has 0 aliphatic carbocycles. The Morgan fingerprint density at radius 2 is 1.94 bits per heavy atom. The van der Waals surface area contributed by atoms with Crippen molar-refractivity contribution in [2.24, 2.45) is 0 Å². The molecule has 0 bridgehead atoms. The standard InChI is InChI=1S/C22H23N7O2/c1-15(2)21-26-20(27-31-21)17-7-8-19(24-14-17)28-9-11-29(12-10-28)22(30)25-18-6-4-3-5-16(18)13-23/h3-8,14-15H,9-12H2,1-2H3,(H,25,30). The number of nitriles is 1. The number of para-hydroxylation sites is 1. The van der Waals surface area contributed by atoms with E-state index in [0.29, 0.717) is 49.1 Å². The van der Waals surface area contributed by atoms with E-state index < -0.39 is 0 Å². The van der Waals surface area contributed by atoms with E-state index in [1.54, 1.807) is 35.4 Å². The van der Waals surface area contributed by atoms with Crippen LogP contribution in [0.1, 0.15) is 31.2 Å². The molecule has 4 rings (SSSR count). The minimum atomic E-state index is -0.205. The topological polar surface area (TPSA) is 111 Å². The summed E-state index contributed by atoms with van der Waals surface area (Å²) in [5.74, 6) is 2.15. The molecule has 1 saturated heterocycles. The Bertz CT molecular complexity index is 1090. The Morgan fingerprint density at radius 1 is 1.16 bits per heavy atom. The van der Waals surface area contributed by atoms with E-state index >= 15 is 0 Å². The molecular formula is C22H23N7O2. The third-order valence-corrected chi connectivity index (χ3v) is 5.12. The molecule has 31 heavy (non-hydrogen) atoms. The number of hydrogen-bond acceptors (Lipinski definition) is 7. The SMILES string of the molecule is CC(C)c1nc(-c2ccc(N3CCN(C(=O)Nc4ccccc4C#N)CC3)nc2)no1. The van der Waals surface area contributed by atoms with Crippen molar-refractivity contribution in [3.63, 3.8) is 0 Å². The zero-order chi connectivity index (χ0) is 21.8. The Hall–Kier alpha value is -3.93. The fraction of sp³-hybridized carbons (Fsp3) is 0.318. The van der Waals surface area contributed by atoms with Gasteiger partial charge in [0.05, 0.1) is 11.3 Å². The Kier molecular flexibility index (Phi) is 5.80. The second kappa shape index (κ2) is 8.83. The first-order chi connectivity index (χ1) is 15.0. The van der Waals surface area contributed by atoms with Crippen LogP contribution in [0.15, 0.2) is 47.1 Å². The van der Waals surface area contributed by atoms with Gasteiger partial charge in [0.15, 0.2) is 0 Å². The van der Waals surface area contributed by atoms with Gasteiger partial charge in [-0.3, -0.25) is 0 Å². The maximum absolute atomic E-state index is 12.6. The number of carbonyl (C=O) groups is 1. The van der Waals surface area contributed by atoms with Gasteiger partial charge in [0.25, 0.3) is 0 Å². The quantitative estimate of drug-likeness (QED) is 0.692. The number of pyridine rings is 1. The summed E-state index contributed by atoms with van der Waals surface area (Å²) in [4.78, 5) is 25.4. The van der Waals surface area contributed by atoms with Crippen molar-refractivity contribution in [1.82, 2.24) is 20.0 Å². The zero-order valence-corrected chi connectivity index (χ0v) is 17.4. The van der Waals surface area contributed by atoms with Crippen LogP contribution >= 0.6 is 0 Å². The molecule has 3 heterocycles. The van der Waals surface area contributed by atoms with Gasteiger partial charge in [-0.25, -0.2) is 9.78 Å². The molecule has 2 aromatic heterocycles. The number of amides is 2.